The van der Waals surface area contributed by atoms with E-state index in [1.807, 2.05) is 0 Å². The maximum absolute atomic E-state index is 13.9. The lowest BCUT2D eigenvalue weighted by Crippen LogP contribution is -2.49. The Morgan fingerprint density at radius 2 is 1.63 bits per heavy atom. The lowest BCUT2D eigenvalue weighted by atomic mass is 9.95. The quantitative estimate of drug-likeness (QED) is 0.584. The Balaban J connectivity index is 1.53. The van der Waals surface area contributed by atoms with Crippen LogP contribution in [0.4, 0.5) is 18.9 Å². The third kappa shape index (κ3) is 5.03. The molecule has 0 aliphatic carbocycles. The molecule has 3 aromatic rings. The van der Waals surface area contributed by atoms with Gasteiger partial charge < -0.3 is 15.5 Å². The lowest BCUT2D eigenvalue weighted by molar-refractivity contribution is -0.130. The number of carbonyl (C=O) groups is 3. The van der Waals surface area contributed by atoms with Crippen LogP contribution in [0.2, 0.25) is 0 Å². The molecule has 3 aromatic carbocycles. The highest BCUT2D eigenvalue weighted by atomic mass is 19.1. The Labute approximate surface area is 199 Å². The van der Waals surface area contributed by atoms with Crippen molar-refractivity contribution in [2.75, 3.05) is 11.9 Å². The molecule has 1 aliphatic rings. The second-order valence-corrected chi connectivity index (χ2v) is 8.33. The average Bonchev–Trinajstić information content (AvgIpc) is 2.88. The summed E-state index contributed by atoms with van der Waals surface area (Å²) in [7, 11) is 1.50. The van der Waals surface area contributed by atoms with E-state index in [9.17, 15) is 27.6 Å². The summed E-state index contributed by atoms with van der Waals surface area (Å²) < 4.78 is 40.7. The smallest absolute Gasteiger partial charge is 0.253 e. The molecular formula is C26H22F3N3O3. The summed E-state index contributed by atoms with van der Waals surface area (Å²) in [5.41, 5.74) is 2.31. The lowest BCUT2D eigenvalue weighted by Gasteiger charge is -2.24. The van der Waals surface area contributed by atoms with Gasteiger partial charge in [0.2, 0.25) is 11.8 Å². The number of carbonyl (C=O) groups excluding carboxylic acids is 3. The number of hydrogen-bond acceptors (Lipinski definition) is 3. The molecule has 3 amide bonds. The first-order valence-electron chi connectivity index (χ1n) is 10.8. The number of benzene rings is 3. The van der Waals surface area contributed by atoms with Gasteiger partial charge in [-0.15, -0.1) is 0 Å². The Bertz CT molecular complexity index is 1310. The minimum absolute atomic E-state index is 0.118. The number of rotatable bonds is 5. The van der Waals surface area contributed by atoms with Crippen LogP contribution in [0.25, 0.3) is 11.1 Å². The first-order chi connectivity index (χ1) is 16.6. The molecule has 1 unspecified atom stereocenters. The minimum atomic E-state index is -1.09. The molecule has 0 spiro atoms. The van der Waals surface area contributed by atoms with Gasteiger partial charge in [0, 0.05) is 18.7 Å². The van der Waals surface area contributed by atoms with Gasteiger partial charge in [0.05, 0.1) is 12.1 Å². The maximum Gasteiger partial charge on any atom is 0.253 e. The molecule has 2 atom stereocenters. The van der Waals surface area contributed by atoms with E-state index in [-0.39, 0.29) is 12.0 Å². The fourth-order valence-electron chi connectivity index (χ4n) is 4.11. The van der Waals surface area contributed by atoms with E-state index in [2.05, 4.69) is 10.6 Å². The number of hydrogen-bond donors (Lipinski definition) is 2. The second kappa shape index (κ2) is 9.61. The van der Waals surface area contributed by atoms with E-state index < -0.39 is 47.3 Å². The highest BCUT2D eigenvalue weighted by molar-refractivity contribution is 6.06. The predicted molar refractivity (Wildman–Crippen MR) is 124 cm³/mol. The van der Waals surface area contributed by atoms with Gasteiger partial charge in [-0.1, -0.05) is 24.3 Å². The number of anilines is 1. The highest BCUT2D eigenvalue weighted by Crippen LogP contribution is 2.39. The zero-order valence-corrected chi connectivity index (χ0v) is 18.9. The van der Waals surface area contributed by atoms with Gasteiger partial charge in [0.1, 0.15) is 29.5 Å². The van der Waals surface area contributed by atoms with Crippen LogP contribution >= 0.6 is 0 Å². The molecule has 0 bridgehead atoms. The molecule has 1 aliphatic heterocycles. The van der Waals surface area contributed by atoms with Crippen LogP contribution in [0.15, 0.2) is 60.7 Å². The minimum Gasteiger partial charge on any atom is -0.344 e. The van der Waals surface area contributed by atoms with Crippen molar-refractivity contribution in [2.24, 2.45) is 0 Å². The number of likely N-dealkylation sites (N-methyl/N-ethyl adjacent to an activating group) is 1. The van der Waals surface area contributed by atoms with Gasteiger partial charge >= 0.3 is 0 Å². The van der Waals surface area contributed by atoms with Crippen molar-refractivity contribution in [3.8, 4) is 11.1 Å². The molecule has 0 fully saturated rings. The fourth-order valence-corrected chi connectivity index (χ4v) is 4.11. The second-order valence-electron chi connectivity index (χ2n) is 8.33. The molecule has 0 aromatic heterocycles. The van der Waals surface area contributed by atoms with E-state index in [4.69, 9.17) is 0 Å². The van der Waals surface area contributed by atoms with Crippen molar-refractivity contribution in [2.45, 2.75) is 25.4 Å². The van der Waals surface area contributed by atoms with Gasteiger partial charge in [-0.25, -0.2) is 13.2 Å². The van der Waals surface area contributed by atoms with Crippen LogP contribution in [-0.2, 0) is 20.8 Å². The molecule has 180 valence electrons. The van der Waals surface area contributed by atoms with E-state index >= 15 is 0 Å². The van der Waals surface area contributed by atoms with Gasteiger partial charge in [-0.2, -0.15) is 0 Å². The third-order valence-electron chi connectivity index (χ3n) is 5.81. The van der Waals surface area contributed by atoms with Crippen LogP contribution in [0.3, 0.4) is 0 Å². The zero-order chi connectivity index (χ0) is 25.3. The maximum atomic E-state index is 13.9. The van der Waals surface area contributed by atoms with Crippen molar-refractivity contribution in [3.05, 3.63) is 89.2 Å². The molecule has 1 heterocycles. The number of nitrogens with zero attached hydrogens (tertiary/aromatic N) is 1. The highest BCUT2D eigenvalue weighted by Gasteiger charge is 2.34. The van der Waals surface area contributed by atoms with E-state index in [0.29, 0.717) is 28.4 Å². The summed E-state index contributed by atoms with van der Waals surface area (Å²) in [5.74, 6) is -3.86. The summed E-state index contributed by atoms with van der Waals surface area (Å²) in [6.45, 7) is 1.43. The topological polar surface area (TPSA) is 78.5 Å². The van der Waals surface area contributed by atoms with Crippen molar-refractivity contribution in [1.29, 1.82) is 0 Å². The summed E-state index contributed by atoms with van der Waals surface area (Å²) in [4.78, 5) is 39.9. The SMILES string of the molecule is C[C@H](NC(=O)Cc1cc(F)cc(F)c1)C(=O)NC1C(=O)N(C)c2cc(F)ccc2-c2ccccc21. The third-order valence-corrected chi connectivity index (χ3v) is 5.81. The molecule has 35 heavy (non-hydrogen) atoms. The van der Waals surface area contributed by atoms with E-state index in [0.717, 1.165) is 12.1 Å². The Morgan fingerprint density at radius 1 is 0.943 bits per heavy atom. The van der Waals surface area contributed by atoms with Crippen LogP contribution in [0.1, 0.15) is 24.1 Å². The van der Waals surface area contributed by atoms with Gasteiger partial charge in [-0.3, -0.25) is 14.4 Å². The van der Waals surface area contributed by atoms with Crippen molar-refractivity contribution in [1.82, 2.24) is 10.6 Å². The predicted octanol–water partition coefficient (Wildman–Crippen LogP) is 3.65. The molecule has 0 saturated heterocycles. The Hall–Kier alpha value is -4.14. The molecule has 6 nitrogen and oxygen atoms in total. The molecule has 0 radical (unpaired) electrons. The molecule has 0 saturated carbocycles. The number of halogens is 3. The summed E-state index contributed by atoms with van der Waals surface area (Å²) in [6, 6.07) is 11.7. The summed E-state index contributed by atoms with van der Waals surface area (Å²) in [5, 5.41) is 5.15. The summed E-state index contributed by atoms with van der Waals surface area (Å²) >= 11 is 0. The normalized spacial score (nSPS) is 15.5. The number of fused-ring (bicyclic) bond motifs is 3. The van der Waals surface area contributed by atoms with Crippen molar-refractivity contribution < 1.29 is 27.6 Å². The largest absolute Gasteiger partial charge is 0.344 e. The average molecular weight is 481 g/mol. The van der Waals surface area contributed by atoms with Gasteiger partial charge in [0.15, 0.2) is 0 Å². The van der Waals surface area contributed by atoms with Crippen molar-refractivity contribution >= 4 is 23.4 Å². The van der Waals surface area contributed by atoms with Crippen molar-refractivity contribution in [3.63, 3.8) is 0 Å². The molecular weight excluding hydrogens is 459 g/mol. The first-order valence-corrected chi connectivity index (χ1v) is 10.8. The van der Waals surface area contributed by atoms with Crippen LogP contribution in [0, 0.1) is 17.5 Å². The monoisotopic (exact) mass is 481 g/mol. The number of amides is 3. The van der Waals surface area contributed by atoms with Gasteiger partial charge in [0.25, 0.3) is 5.91 Å². The van der Waals surface area contributed by atoms with Crippen LogP contribution in [0.5, 0.6) is 0 Å². The zero-order valence-electron chi connectivity index (χ0n) is 18.9. The Kier molecular flexibility index (Phi) is 6.59. The van der Waals surface area contributed by atoms with Crippen LogP contribution < -0.4 is 15.5 Å². The molecule has 9 heteroatoms. The van der Waals surface area contributed by atoms with Crippen LogP contribution in [-0.4, -0.2) is 30.8 Å². The molecule has 2 N–H and O–H groups in total. The first kappa shape index (κ1) is 24.0. The van der Waals surface area contributed by atoms with Gasteiger partial charge in [-0.05, 0) is 53.9 Å². The fraction of sp³-hybridized carbons (Fsp3) is 0.192. The van der Waals surface area contributed by atoms with E-state index in [1.54, 1.807) is 30.3 Å². The summed E-state index contributed by atoms with van der Waals surface area (Å²) in [6.07, 6.45) is -0.332. The standard InChI is InChI=1S/C26H22F3N3O3/c1-14(30-23(33)11-15-9-17(28)12-18(29)10-15)25(34)31-24-21-6-4-3-5-19(21)20-8-7-16(27)13-22(20)32(2)26(24)35/h3-10,12-14,24H,11H2,1-2H3,(H,30,33)(H,31,34)/t14-,24?/m0/s1. The Morgan fingerprint density at radius 3 is 2.34 bits per heavy atom. The number of nitrogens with one attached hydrogen (secondary N) is 2. The van der Waals surface area contributed by atoms with E-state index in [1.165, 1.54) is 31.0 Å². The molecule has 4 rings (SSSR count).